The lowest BCUT2D eigenvalue weighted by molar-refractivity contribution is -0.0522. The zero-order chi connectivity index (χ0) is 13.2. The van der Waals surface area contributed by atoms with Crippen molar-refractivity contribution in [2.45, 2.75) is 6.29 Å². The minimum atomic E-state index is -0.516. The van der Waals surface area contributed by atoms with Crippen LogP contribution in [-0.4, -0.2) is 36.8 Å². The average Bonchev–Trinajstić information content (AvgIpc) is 2.79. The lowest BCUT2D eigenvalue weighted by Gasteiger charge is -2.20. The summed E-state index contributed by atoms with van der Waals surface area (Å²) in [6.45, 7) is 1.44. The number of cyclic esters (lactones) is 1. The van der Waals surface area contributed by atoms with Gasteiger partial charge in [0.2, 0.25) is 6.29 Å². The molecule has 0 spiro atoms. The first-order valence-corrected chi connectivity index (χ1v) is 7.36. The normalized spacial score (nSPS) is 21.4. The van der Waals surface area contributed by atoms with Crippen molar-refractivity contribution >= 4 is 34.4 Å². The third-order valence-electron chi connectivity index (χ3n) is 2.87. The van der Waals surface area contributed by atoms with Crippen LogP contribution in [0.2, 0.25) is 0 Å². The van der Waals surface area contributed by atoms with E-state index >= 15 is 0 Å². The predicted octanol–water partition coefficient (Wildman–Crippen LogP) is 2.15. The van der Waals surface area contributed by atoms with Crippen molar-refractivity contribution in [2.75, 3.05) is 29.3 Å². The Morgan fingerprint density at radius 3 is 2.89 bits per heavy atom. The Hall–Kier alpha value is -1.22. The Bertz CT molecular complexity index is 495. The molecule has 0 aromatic heterocycles. The molecule has 1 atom stereocenters. The summed E-state index contributed by atoms with van der Waals surface area (Å²) < 4.78 is 21.8. The SMILES string of the molecule is O=C1O[C@@H](OCI)CN1c1ccc2c(c1)OCCO2. The second-order valence-electron chi connectivity index (χ2n) is 4.03. The molecule has 2 aliphatic heterocycles. The van der Waals surface area contributed by atoms with Gasteiger partial charge in [-0.3, -0.25) is 4.90 Å². The van der Waals surface area contributed by atoms with E-state index in [1.54, 1.807) is 18.2 Å². The molecule has 1 aromatic rings. The zero-order valence-electron chi connectivity index (χ0n) is 10.0. The van der Waals surface area contributed by atoms with Gasteiger partial charge in [-0.25, -0.2) is 4.79 Å². The van der Waals surface area contributed by atoms with Crippen molar-refractivity contribution in [2.24, 2.45) is 0 Å². The van der Waals surface area contributed by atoms with Crippen LogP contribution in [0.3, 0.4) is 0 Å². The molecule has 0 unspecified atom stereocenters. The van der Waals surface area contributed by atoms with Crippen LogP contribution in [-0.2, 0) is 9.47 Å². The number of nitrogens with zero attached hydrogens (tertiary/aromatic N) is 1. The van der Waals surface area contributed by atoms with E-state index < -0.39 is 12.4 Å². The molecule has 2 heterocycles. The molecule has 19 heavy (non-hydrogen) atoms. The number of fused-ring (bicyclic) bond motifs is 1. The highest BCUT2D eigenvalue weighted by molar-refractivity contribution is 14.1. The number of anilines is 1. The van der Waals surface area contributed by atoms with E-state index in [1.165, 1.54) is 4.90 Å². The highest BCUT2D eigenvalue weighted by atomic mass is 127. The van der Waals surface area contributed by atoms with Crippen molar-refractivity contribution in [3.05, 3.63) is 18.2 Å². The van der Waals surface area contributed by atoms with Gasteiger partial charge in [0.05, 0.1) is 12.2 Å². The number of ether oxygens (including phenoxy) is 4. The van der Waals surface area contributed by atoms with Crippen LogP contribution >= 0.6 is 22.6 Å². The molecule has 1 fully saturated rings. The largest absolute Gasteiger partial charge is 0.486 e. The van der Waals surface area contributed by atoms with E-state index in [4.69, 9.17) is 18.9 Å². The van der Waals surface area contributed by atoms with Crippen molar-refractivity contribution in [1.29, 1.82) is 0 Å². The van der Waals surface area contributed by atoms with Crippen LogP contribution in [0, 0.1) is 0 Å². The number of amides is 1. The summed E-state index contributed by atoms with van der Waals surface area (Å²) in [4.78, 5) is 13.3. The molecule has 1 saturated heterocycles. The second-order valence-corrected chi connectivity index (χ2v) is 4.65. The highest BCUT2D eigenvalue weighted by Crippen LogP contribution is 2.35. The number of carbonyl (C=O) groups excluding carboxylic acids is 1. The topological polar surface area (TPSA) is 57.2 Å². The summed E-state index contributed by atoms with van der Waals surface area (Å²) in [5, 5.41) is 0. The Kier molecular flexibility index (Phi) is 3.65. The van der Waals surface area contributed by atoms with Crippen LogP contribution in [0.15, 0.2) is 18.2 Å². The molecule has 0 N–H and O–H groups in total. The molecular formula is C12H12INO5. The van der Waals surface area contributed by atoms with Gasteiger partial charge in [-0.2, -0.15) is 0 Å². The quantitative estimate of drug-likeness (QED) is 0.597. The first-order valence-electron chi connectivity index (χ1n) is 5.83. The van der Waals surface area contributed by atoms with Crippen molar-refractivity contribution in [3.8, 4) is 11.5 Å². The van der Waals surface area contributed by atoms with E-state index in [1.807, 2.05) is 0 Å². The number of alkyl halides is 1. The average molecular weight is 377 g/mol. The van der Waals surface area contributed by atoms with Gasteiger partial charge in [-0.05, 0) is 12.1 Å². The summed E-state index contributed by atoms with van der Waals surface area (Å²) in [6.07, 6.45) is -0.927. The molecule has 0 bridgehead atoms. The molecule has 7 heteroatoms. The first-order chi connectivity index (χ1) is 9.28. The van der Waals surface area contributed by atoms with Crippen LogP contribution in [0.1, 0.15) is 0 Å². The van der Waals surface area contributed by atoms with Crippen LogP contribution in [0.5, 0.6) is 11.5 Å². The van der Waals surface area contributed by atoms with Gasteiger partial charge in [-0.1, -0.05) is 22.6 Å². The van der Waals surface area contributed by atoms with E-state index in [0.29, 0.717) is 41.6 Å². The Labute approximate surface area is 123 Å². The van der Waals surface area contributed by atoms with Gasteiger partial charge in [-0.15, -0.1) is 0 Å². The van der Waals surface area contributed by atoms with E-state index in [2.05, 4.69) is 22.6 Å². The van der Waals surface area contributed by atoms with Gasteiger partial charge < -0.3 is 18.9 Å². The Balaban J connectivity index is 1.80. The second kappa shape index (κ2) is 5.41. The maximum atomic E-state index is 11.8. The van der Waals surface area contributed by atoms with Crippen molar-refractivity contribution in [3.63, 3.8) is 0 Å². The molecule has 102 valence electrons. The lowest BCUT2D eigenvalue weighted by Crippen LogP contribution is -2.25. The van der Waals surface area contributed by atoms with Gasteiger partial charge in [0.15, 0.2) is 11.5 Å². The molecule has 1 aromatic carbocycles. The van der Waals surface area contributed by atoms with Crippen LogP contribution in [0.4, 0.5) is 10.5 Å². The van der Waals surface area contributed by atoms with E-state index in [9.17, 15) is 4.79 Å². The minimum Gasteiger partial charge on any atom is -0.486 e. The number of hydrogen-bond donors (Lipinski definition) is 0. The molecular weight excluding hydrogens is 365 g/mol. The Morgan fingerprint density at radius 2 is 2.11 bits per heavy atom. The summed E-state index contributed by atoms with van der Waals surface area (Å²) >= 11 is 2.07. The molecule has 0 radical (unpaired) electrons. The molecule has 0 aliphatic carbocycles. The number of rotatable bonds is 3. The summed E-state index contributed by atoms with van der Waals surface area (Å²) in [7, 11) is 0. The predicted molar refractivity (Wildman–Crippen MR) is 75.0 cm³/mol. The maximum Gasteiger partial charge on any atom is 0.416 e. The monoisotopic (exact) mass is 377 g/mol. The molecule has 3 rings (SSSR count). The smallest absolute Gasteiger partial charge is 0.416 e. The minimum absolute atomic E-state index is 0.376. The molecule has 6 nitrogen and oxygen atoms in total. The van der Waals surface area contributed by atoms with Crippen LogP contribution in [0.25, 0.3) is 0 Å². The van der Waals surface area contributed by atoms with Crippen LogP contribution < -0.4 is 14.4 Å². The van der Waals surface area contributed by atoms with E-state index in [-0.39, 0.29) is 0 Å². The highest BCUT2D eigenvalue weighted by Gasteiger charge is 2.33. The third-order valence-corrected chi connectivity index (χ3v) is 3.23. The van der Waals surface area contributed by atoms with E-state index in [0.717, 1.165) is 0 Å². The third kappa shape index (κ3) is 2.57. The van der Waals surface area contributed by atoms with Crippen molar-refractivity contribution < 1.29 is 23.7 Å². The summed E-state index contributed by atoms with van der Waals surface area (Å²) in [5.41, 5.74) is 0.716. The van der Waals surface area contributed by atoms with Gasteiger partial charge in [0.1, 0.15) is 17.8 Å². The zero-order valence-corrected chi connectivity index (χ0v) is 12.2. The number of benzene rings is 1. The fourth-order valence-electron chi connectivity index (χ4n) is 2.00. The van der Waals surface area contributed by atoms with Gasteiger partial charge in [0.25, 0.3) is 0 Å². The summed E-state index contributed by atoms with van der Waals surface area (Å²) in [6, 6.07) is 5.38. The molecule has 0 saturated carbocycles. The summed E-state index contributed by atoms with van der Waals surface area (Å²) in [5.74, 6) is 1.34. The number of halogens is 1. The molecule has 2 aliphatic rings. The maximum absolute atomic E-state index is 11.8. The van der Waals surface area contributed by atoms with Crippen molar-refractivity contribution in [1.82, 2.24) is 0 Å². The Morgan fingerprint density at radius 1 is 1.32 bits per heavy atom. The lowest BCUT2D eigenvalue weighted by atomic mass is 10.2. The first kappa shape index (κ1) is 12.8. The van der Waals surface area contributed by atoms with Gasteiger partial charge in [0, 0.05) is 6.07 Å². The standard InChI is InChI=1S/C12H12INO5/c13-7-18-11-6-14(12(15)19-11)8-1-2-9-10(5-8)17-4-3-16-9/h1-2,5,11H,3-4,6-7H2/t11-/m1/s1. The fraction of sp³-hybridized carbons (Fsp3) is 0.417. The van der Waals surface area contributed by atoms with Gasteiger partial charge >= 0.3 is 6.09 Å². The number of hydrogen-bond acceptors (Lipinski definition) is 5. The number of carbonyl (C=O) groups is 1. The fourth-order valence-corrected chi connectivity index (χ4v) is 2.41. The molecule has 1 amide bonds.